The van der Waals surface area contributed by atoms with Gasteiger partial charge in [-0.05, 0) is 17.7 Å². The summed E-state index contributed by atoms with van der Waals surface area (Å²) in [6.07, 6.45) is 3.78. The third-order valence-corrected chi connectivity index (χ3v) is 3.05. The molecular formula is C15H14N2O. The first-order chi connectivity index (χ1) is 8.90. The number of methoxy groups -OCH3 is 1. The van der Waals surface area contributed by atoms with Crippen LogP contribution in [0.1, 0.15) is 17.4 Å². The zero-order chi connectivity index (χ0) is 12.4. The smallest absolute Gasteiger partial charge is 0.136 e. The Hall–Kier alpha value is -2.13. The third kappa shape index (κ3) is 1.79. The molecule has 1 aromatic carbocycles. The van der Waals surface area contributed by atoms with Crippen LogP contribution in [0, 0.1) is 0 Å². The van der Waals surface area contributed by atoms with Crippen LogP contribution in [0.15, 0.2) is 60.9 Å². The lowest BCUT2D eigenvalue weighted by molar-refractivity contribution is 0.132. The fraction of sp³-hybridized carbons (Fsp3) is 0.133. The highest BCUT2D eigenvalue weighted by molar-refractivity contribution is 5.42. The first-order valence-corrected chi connectivity index (χ1v) is 5.90. The van der Waals surface area contributed by atoms with E-state index in [1.807, 2.05) is 48.8 Å². The number of hydrogen-bond acceptors (Lipinski definition) is 2. The highest BCUT2D eigenvalue weighted by atomic mass is 16.5. The van der Waals surface area contributed by atoms with E-state index >= 15 is 0 Å². The van der Waals surface area contributed by atoms with E-state index < -0.39 is 0 Å². The van der Waals surface area contributed by atoms with Crippen molar-refractivity contribution in [3.8, 4) is 0 Å². The monoisotopic (exact) mass is 238 g/mol. The largest absolute Gasteiger partial charge is 0.370 e. The molecule has 3 rings (SSSR count). The van der Waals surface area contributed by atoms with Gasteiger partial charge in [-0.25, -0.2) is 4.98 Å². The van der Waals surface area contributed by atoms with Gasteiger partial charge in [0.15, 0.2) is 0 Å². The number of rotatable bonds is 3. The predicted octanol–water partition coefficient (Wildman–Crippen LogP) is 3.07. The summed E-state index contributed by atoms with van der Waals surface area (Å²) < 4.78 is 7.68. The number of hydrogen-bond donors (Lipinski definition) is 0. The van der Waals surface area contributed by atoms with Gasteiger partial charge in [-0.15, -0.1) is 0 Å². The molecule has 0 saturated heterocycles. The van der Waals surface area contributed by atoms with Crippen molar-refractivity contribution in [1.82, 2.24) is 9.38 Å². The van der Waals surface area contributed by atoms with Gasteiger partial charge in [0.1, 0.15) is 11.8 Å². The van der Waals surface area contributed by atoms with Crippen LogP contribution in [-0.2, 0) is 4.74 Å². The molecule has 0 fully saturated rings. The quantitative estimate of drug-likeness (QED) is 0.701. The molecule has 1 unspecified atom stereocenters. The Bertz CT molecular complexity index is 646. The fourth-order valence-electron chi connectivity index (χ4n) is 2.20. The number of nitrogens with zero attached hydrogens (tertiary/aromatic N) is 2. The van der Waals surface area contributed by atoms with Gasteiger partial charge >= 0.3 is 0 Å². The topological polar surface area (TPSA) is 26.5 Å². The first kappa shape index (κ1) is 11.0. The van der Waals surface area contributed by atoms with Crippen molar-refractivity contribution in [3.05, 3.63) is 72.2 Å². The zero-order valence-electron chi connectivity index (χ0n) is 10.2. The van der Waals surface area contributed by atoms with Gasteiger partial charge in [0.25, 0.3) is 0 Å². The summed E-state index contributed by atoms with van der Waals surface area (Å²) >= 11 is 0. The highest BCUT2D eigenvalue weighted by Crippen LogP contribution is 2.25. The van der Waals surface area contributed by atoms with Crippen molar-refractivity contribution in [1.29, 1.82) is 0 Å². The molecule has 2 aromatic heterocycles. The Morgan fingerprint density at radius 1 is 1.06 bits per heavy atom. The number of pyridine rings is 1. The molecule has 18 heavy (non-hydrogen) atoms. The third-order valence-electron chi connectivity index (χ3n) is 3.05. The predicted molar refractivity (Wildman–Crippen MR) is 70.5 cm³/mol. The lowest BCUT2D eigenvalue weighted by Gasteiger charge is -2.15. The molecule has 0 saturated carbocycles. The number of benzene rings is 1. The highest BCUT2D eigenvalue weighted by Gasteiger charge is 2.16. The van der Waals surface area contributed by atoms with Crippen molar-refractivity contribution in [2.75, 3.05) is 7.11 Å². The maximum atomic E-state index is 5.63. The Morgan fingerprint density at radius 3 is 2.61 bits per heavy atom. The molecule has 3 aromatic rings. The van der Waals surface area contributed by atoms with E-state index in [2.05, 4.69) is 21.5 Å². The van der Waals surface area contributed by atoms with Crippen LogP contribution in [0.3, 0.4) is 0 Å². The summed E-state index contributed by atoms with van der Waals surface area (Å²) in [5.74, 6) is 0. The fourth-order valence-corrected chi connectivity index (χ4v) is 2.20. The van der Waals surface area contributed by atoms with Gasteiger partial charge in [0, 0.05) is 13.3 Å². The van der Waals surface area contributed by atoms with Gasteiger partial charge in [0.05, 0.1) is 11.9 Å². The van der Waals surface area contributed by atoms with Crippen LogP contribution in [0.4, 0.5) is 0 Å². The molecular weight excluding hydrogens is 224 g/mol. The Kier molecular flexibility index (Phi) is 2.82. The van der Waals surface area contributed by atoms with Crippen LogP contribution < -0.4 is 0 Å². The van der Waals surface area contributed by atoms with E-state index in [0.29, 0.717) is 0 Å². The van der Waals surface area contributed by atoms with Crippen LogP contribution in [-0.4, -0.2) is 16.5 Å². The Morgan fingerprint density at radius 2 is 1.83 bits per heavy atom. The lowest BCUT2D eigenvalue weighted by atomic mass is 10.1. The van der Waals surface area contributed by atoms with Crippen molar-refractivity contribution in [2.24, 2.45) is 0 Å². The molecule has 0 radical (unpaired) electrons. The molecule has 0 N–H and O–H groups in total. The number of aromatic nitrogens is 2. The molecule has 0 aliphatic carbocycles. The summed E-state index contributed by atoms with van der Waals surface area (Å²) in [5.41, 5.74) is 3.11. The minimum Gasteiger partial charge on any atom is -0.370 e. The molecule has 3 nitrogen and oxygen atoms in total. The van der Waals surface area contributed by atoms with Gasteiger partial charge < -0.3 is 9.14 Å². The average molecular weight is 238 g/mol. The summed E-state index contributed by atoms with van der Waals surface area (Å²) in [7, 11) is 1.72. The SMILES string of the molecule is COC(c1ccccc1)c1cnc2ccccn12. The summed E-state index contributed by atoms with van der Waals surface area (Å²) in [4.78, 5) is 4.40. The normalized spacial score (nSPS) is 12.7. The van der Waals surface area contributed by atoms with E-state index in [1.165, 1.54) is 0 Å². The van der Waals surface area contributed by atoms with E-state index in [1.54, 1.807) is 7.11 Å². The molecule has 0 aliphatic heterocycles. The van der Waals surface area contributed by atoms with Crippen molar-refractivity contribution in [2.45, 2.75) is 6.10 Å². The van der Waals surface area contributed by atoms with Crippen molar-refractivity contribution < 1.29 is 4.74 Å². The van der Waals surface area contributed by atoms with E-state index in [-0.39, 0.29) is 6.10 Å². The Labute approximate surface area is 106 Å². The van der Waals surface area contributed by atoms with E-state index in [9.17, 15) is 0 Å². The van der Waals surface area contributed by atoms with Crippen LogP contribution in [0.5, 0.6) is 0 Å². The standard InChI is InChI=1S/C15H14N2O/c1-18-15(12-7-3-2-4-8-12)13-11-16-14-9-5-6-10-17(13)14/h2-11,15H,1H3. The summed E-state index contributed by atoms with van der Waals surface area (Å²) in [6.45, 7) is 0. The number of ether oxygens (including phenoxy) is 1. The van der Waals surface area contributed by atoms with Crippen LogP contribution >= 0.6 is 0 Å². The average Bonchev–Trinajstić information content (AvgIpc) is 2.85. The van der Waals surface area contributed by atoms with Crippen molar-refractivity contribution in [3.63, 3.8) is 0 Å². The summed E-state index contributed by atoms with van der Waals surface area (Å²) in [6, 6.07) is 16.1. The minimum atomic E-state index is -0.0939. The molecule has 0 amide bonds. The molecule has 0 aliphatic rings. The second-order valence-corrected chi connectivity index (χ2v) is 4.14. The maximum absolute atomic E-state index is 5.63. The molecule has 0 bridgehead atoms. The molecule has 0 spiro atoms. The van der Waals surface area contributed by atoms with Gasteiger partial charge in [0.2, 0.25) is 0 Å². The molecule has 1 atom stereocenters. The summed E-state index contributed by atoms with van der Waals surface area (Å²) in [5, 5.41) is 0. The molecule has 3 heteroatoms. The van der Waals surface area contributed by atoms with E-state index in [0.717, 1.165) is 16.9 Å². The zero-order valence-corrected chi connectivity index (χ0v) is 10.2. The Balaban J connectivity index is 2.12. The van der Waals surface area contributed by atoms with Gasteiger partial charge in [-0.3, -0.25) is 0 Å². The molecule has 2 heterocycles. The maximum Gasteiger partial charge on any atom is 0.136 e. The lowest BCUT2D eigenvalue weighted by Crippen LogP contribution is -2.06. The second-order valence-electron chi connectivity index (χ2n) is 4.14. The van der Waals surface area contributed by atoms with Gasteiger partial charge in [-0.2, -0.15) is 0 Å². The second kappa shape index (κ2) is 4.63. The number of fused-ring (bicyclic) bond motifs is 1. The van der Waals surface area contributed by atoms with E-state index in [4.69, 9.17) is 4.74 Å². The first-order valence-electron chi connectivity index (χ1n) is 5.90. The minimum absolute atomic E-state index is 0.0939. The van der Waals surface area contributed by atoms with Gasteiger partial charge in [-0.1, -0.05) is 36.4 Å². The van der Waals surface area contributed by atoms with Crippen LogP contribution in [0.2, 0.25) is 0 Å². The molecule has 90 valence electrons. The van der Waals surface area contributed by atoms with Crippen LogP contribution in [0.25, 0.3) is 5.65 Å². The number of imidazole rings is 1. The van der Waals surface area contributed by atoms with Crippen molar-refractivity contribution >= 4 is 5.65 Å².